The number of hydrogen-bond donors (Lipinski definition) is 0. The van der Waals surface area contributed by atoms with Crippen LogP contribution in [-0.4, -0.2) is 45.2 Å². The van der Waals surface area contributed by atoms with Gasteiger partial charge in [0, 0.05) is 24.4 Å². The minimum Gasteiger partial charge on any atom is -0.444 e. The van der Waals surface area contributed by atoms with Crippen LogP contribution in [0.2, 0.25) is 0 Å². The van der Waals surface area contributed by atoms with E-state index < -0.39 is 11.3 Å². The maximum atomic E-state index is 13.2. The predicted octanol–water partition coefficient (Wildman–Crippen LogP) is 5.37. The van der Waals surface area contributed by atoms with Gasteiger partial charge in [0.05, 0.1) is 12.1 Å². The number of nitrogens with zero attached hydrogens (tertiary/aromatic N) is 2. The van der Waals surface area contributed by atoms with Gasteiger partial charge in [-0.3, -0.25) is 14.7 Å². The van der Waals surface area contributed by atoms with Crippen LogP contribution in [0.4, 0.5) is 4.79 Å². The van der Waals surface area contributed by atoms with Crippen LogP contribution >= 0.6 is 0 Å². The van der Waals surface area contributed by atoms with Gasteiger partial charge in [-0.2, -0.15) is 0 Å². The van der Waals surface area contributed by atoms with Crippen LogP contribution in [0.15, 0.2) is 24.5 Å². The molecular weight excluding hydrogens is 380 g/mol. The van der Waals surface area contributed by atoms with Gasteiger partial charge in [-0.05, 0) is 59.1 Å². The van der Waals surface area contributed by atoms with E-state index in [0.29, 0.717) is 11.5 Å². The van der Waals surface area contributed by atoms with E-state index in [0.717, 1.165) is 6.42 Å². The molecule has 2 heterocycles. The van der Waals surface area contributed by atoms with Crippen molar-refractivity contribution in [2.75, 3.05) is 0 Å². The van der Waals surface area contributed by atoms with Crippen LogP contribution in [0, 0.1) is 5.92 Å². The molecule has 1 aliphatic heterocycles. The smallest absolute Gasteiger partial charge is 0.412 e. The van der Waals surface area contributed by atoms with Gasteiger partial charge in [0.1, 0.15) is 11.3 Å². The zero-order chi connectivity index (χ0) is 21.9. The van der Waals surface area contributed by atoms with Crippen molar-refractivity contribution >= 4 is 11.9 Å². The number of amides is 1. The van der Waals surface area contributed by atoms with Gasteiger partial charge in [-0.15, -0.1) is 0 Å². The summed E-state index contributed by atoms with van der Waals surface area (Å²) < 4.78 is 12.1. The number of pyridine rings is 1. The Morgan fingerprint density at radius 3 is 2.40 bits per heavy atom. The Bertz CT molecular complexity index is 735. The quantitative estimate of drug-likeness (QED) is 0.604. The molecule has 2 unspecified atom stereocenters. The number of rotatable bonds is 5. The average Bonchev–Trinajstić information content (AvgIpc) is 2.91. The number of carbonyl (C=O) groups excluding carboxylic acids is 2. The number of carbonyl (C=O) groups is 2. The monoisotopic (exact) mass is 416 g/mol. The van der Waals surface area contributed by atoms with Crippen molar-refractivity contribution in [1.29, 1.82) is 0 Å². The third-order valence-electron chi connectivity index (χ3n) is 6.06. The Morgan fingerprint density at radius 1 is 1.17 bits per heavy atom. The van der Waals surface area contributed by atoms with Crippen LogP contribution in [-0.2, 0) is 9.47 Å². The molecule has 2 fully saturated rings. The SMILES string of the molecule is CC(C)(C)OC(=O)N1C(CC2CCCCC2)C(CC(=O)c2ccncc2)OC1(C)C. The van der Waals surface area contributed by atoms with Crippen LogP contribution in [0.3, 0.4) is 0 Å². The van der Waals surface area contributed by atoms with Crippen molar-refractivity contribution in [2.45, 2.75) is 103 Å². The molecule has 0 bridgehead atoms. The van der Waals surface area contributed by atoms with Crippen LogP contribution in [0.5, 0.6) is 0 Å². The molecule has 1 aromatic rings. The minimum atomic E-state index is -0.829. The van der Waals surface area contributed by atoms with E-state index in [-0.39, 0.29) is 30.4 Å². The lowest BCUT2D eigenvalue weighted by Crippen LogP contribution is -2.51. The number of Topliss-reactive ketones (excluding diaryl/α,β-unsaturated/α-hetero) is 1. The Labute approximate surface area is 180 Å². The van der Waals surface area contributed by atoms with E-state index in [1.165, 1.54) is 32.1 Å². The van der Waals surface area contributed by atoms with Crippen molar-refractivity contribution in [3.8, 4) is 0 Å². The molecule has 30 heavy (non-hydrogen) atoms. The Kier molecular flexibility index (Phi) is 6.85. The van der Waals surface area contributed by atoms with Crippen molar-refractivity contribution in [2.24, 2.45) is 5.92 Å². The van der Waals surface area contributed by atoms with E-state index in [1.807, 2.05) is 34.6 Å². The first-order valence-corrected chi connectivity index (χ1v) is 11.2. The molecule has 166 valence electrons. The summed E-state index contributed by atoms with van der Waals surface area (Å²) in [5, 5.41) is 0. The lowest BCUT2D eigenvalue weighted by Gasteiger charge is -2.36. The topological polar surface area (TPSA) is 68.7 Å². The van der Waals surface area contributed by atoms with Gasteiger partial charge >= 0.3 is 6.09 Å². The van der Waals surface area contributed by atoms with Crippen LogP contribution in [0.25, 0.3) is 0 Å². The lowest BCUT2D eigenvalue weighted by molar-refractivity contribution is -0.0784. The number of hydrogen-bond acceptors (Lipinski definition) is 5. The third-order valence-corrected chi connectivity index (χ3v) is 6.06. The summed E-state index contributed by atoms with van der Waals surface area (Å²) >= 11 is 0. The third kappa shape index (κ3) is 5.60. The maximum absolute atomic E-state index is 13.2. The van der Waals surface area contributed by atoms with Crippen molar-refractivity contribution in [3.05, 3.63) is 30.1 Å². The van der Waals surface area contributed by atoms with E-state index >= 15 is 0 Å². The summed E-state index contributed by atoms with van der Waals surface area (Å²) in [4.78, 5) is 31.8. The largest absolute Gasteiger partial charge is 0.444 e. The fourth-order valence-electron chi connectivity index (χ4n) is 4.78. The first kappa shape index (κ1) is 22.7. The summed E-state index contributed by atoms with van der Waals surface area (Å²) in [5.74, 6) is 0.558. The van der Waals surface area contributed by atoms with Gasteiger partial charge in [-0.25, -0.2) is 4.79 Å². The molecule has 6 heteroatoms. The Morgan fingerprint density at radius 2 is 1.80 bits per heavy atom. The Hall–Kier alpha value is -1.95. The fraction of sp³-hybridized carbons (Fsp3) is 0.708. The molecule has 1 aromatic heterocycles. The molecule has 6 nitrogen and oxygen atoms in total. The highest BCUT2D eigenvalue weighted by molar-refractivity contribution is 5.96. The highest BCUT2D eigenvalue weighted by Crippen LogP contribution is 2.40. The number of aromatic nitrogens is 1. The molecule has 0 spiro atoms. The maximum Gasteiger partial charge on any atom is 0.412 e. The summed E-state index contributed by atoms with van der Waals surface area (Å²) in [6, 6.07) is 3.28. The molecule has 3 rings (SSSR count). The molecule has 0 aromatic carbocycles. The minimum absolute atomic E-state index is 0.0119. The first-order chi connectivity index (χ1) is 14.1. The summed E-state index contributed by atoms with van der Waals surface area (Å²) in [5.41, 5.74) is -0.795. The Balaban J connectivity index is 1.83. The van der Waals surface area contributed by atoms with Gasteiger partial charge < -0.3 is 9.47 Å². The summed E-state index contributed by atoms with van der Waals surface area (Å²) in [6.07, 6.45) is 9.70. The van der Waals surface area contributed by atoms with E-state index in [1.54, 1.807) is 29.4 Å². The van der Waals surface area contributed by atoms with E-state index in [2.05, 4.69) is 4.98 Å². The second-order valence-corrected chi connectivity index (χ2v) is 10.1. The second kappa shape index (κ2) is 9.04. The average molecular weight is 417 g/mol. The molecule has 1 saturated carbocycles. The highest BCUT2D eigenvalue weighted by atomic mass is 16.6. The number of ketones is 1. The molecule has 2 aliphatic rings. The van der Waals surface area contributed by atoms with E-state index in [9.17, 15) is 9.59 Å². The molecule has 0 radical (unpaired) electrons. The van der Waals surface area contributed by atoms with Gasteiger partial charge in [0.2, 0.25) is 0 Å². The standard InChI is InChI=1S/C24H36N2O4/c1-23(2,3)30-22(28)26-19(15-17-9-7-6-8-10-17)21(29-24(26,4)5)16-20(27)18-11-13-25-14-12-18/h11-14,17,19,21H,6-10,15-16H2,1-5H3. The zero-order valence-electron chi connectivity index (χ0n) is 19.0. The van der Waals surface area contributed by atoms with Crippen LogP contribution < -0.4 is 0 Å². The number of ether oxygens (including phenoxy) is 2. The first-order valence-electron chi connectivity index (χ1n) is 11.2. The molecular formula is C24H36N2O4. The highest BCUT2D eigenvalue weighted by Gasteiger charge is 2.52. The molecule has 1 saturated heterocycles. The molecule has 0 N–H and O–H groups in total. The van der Waals surface area contributed by atoms with Gasteiger partial charge in [-0.1, -0.05) is 32.1 Å². The van der Waals surface area contributed by atoms with Gasteiger partial charge in [0.25, 0.3) is 0 Å². The van der Waals surface area contributed by atoms with Gasteiger partial charge in [0.15, 0.2) is 5.78 Å². The predicted molar refractivity (Wildman–Crippen MR) is 115 cm³/mol. The van der Waals surface area contributed by atoms with Crippen molar-refractivity contribution < 1.29 is 19.1 Å². The second-order valence-electron chi connectivity index (χ2n) is 10.1. The lowest BCUT2D eigenvalue weighted by atomic mass is 9.82. The fourth-order valence-corrected chi connectivity index (χ4v) is 4.78. The molecule has 2 atom stereocenters. The van der Waals surface area contributed by atoms with Crippen molar-refractivity contribution in [1.82, 2.24) is 9.88 Å². The van der Waals surface area contributed by atoms with Crippen molar-refractivity contribution in [3.63, 3.8) is 0 Å². The van der Waals surface area contributed by atoms with E-state index in [4.69, 9.17) is 9.47 Å². The normalized spacial score (nSPS) is 24.6. The zero-order valence-corrected chi connectivity index (χ0v) is 19.0. The molecule has 1 amide bonds. The molecule has 1 aliphatic carbocycles. The summed E-state index contributed by atoms with van der Waals surface area (Å²) in [7, 11) is 0. The van der Waals surface area contributed by atoms with Crippen LogP contribution in [0.1, 0.15) is 89.9 Å². The summed E-state index contributed by atoms with van der Waals surface area (Å²) in [6.45, 7) is 9.39.